The first-order valence-electron chi connectivity index (χ1n) is 6.81. The van der Waals surface area contributed by atoms with Crippen molar-refractivity contribution in [2.45, 2.75) is 19.4 Å². The SMILES string of the molecule is CCCN(C(=O)c1ccccc1)C1COCC1C(=O)O. The molecule has 2 unspecified atom stereocenters. The fourth-order valence-corrected chi connectivity index (χ4v) is 2.49. The van der Waals surface area contributed by atoms with Crippen LogP contribution in [0.3, 0.4) is 0 Å². The van der Waals surface area contributed by atoms with Crippen molar-refractivity contribution in [3.63, 3.8) is 0 Å². The van der Waals surface area contributed by atoms with E-state index in [0.717, 1.165) is 6.42 Å². The van der Waals surface area contributed by atoms with Gasteiger partial charge in [-0.15, -0.1) is 0 Å². The Morgan fingerprint density at radius 1 is 1.30 bits per heavy atom. The van der Waals surface area contributed by atoms with Crippen molar-refractivity contribution in [2.24, 2.45) is 5.92 Å². The molecule has 0 saturated carbocycles. The zero-order valence-corrected chi connectivity index (χ0v) is 11.5. The standard InChI is InChI=1S/C15H19NO4/c1-2-8-16(13-10-20-9-12(13)15(18)19)14(17)11-6-4-3-5-7-11/h3-7,12-13H,2,8-10H2,1H3,(H,18,19). The molecular weight excluding hydrogens is 258 g/mol. The number of carboxylic acid groups (broad SMARTS) is 1. The molecule has 0 bridgehead atoms. The van der Waals surface area contributed by atoms with Gasteiger partial charge in [0, 0.05) is 12.1 Å². The summed E-state index contributed by atoms with van der Waals surface area (Å²) >= 11 is 0. The predicted molar refractivity (Wildman–Crippen MR) is 73.5 cm³/mol. The fourth-order valence-electron chi connectivity index (χ4n) is 2.49. The summed E-state index contributed by atoms with van der Waals surface area (Å²) in [4.78, 5) is 25.5. The van der Waals surface area contributed by atoms with Crippen LogP contribution in [0.5, 0.6) is 0 Å². The maximum atomic E-state index is 12.6. The highest BCUT2D eigenvalue weighted by Crippen LogP contribution is 2.22. The second kappa shape index (κ2) is 6.52. The van der Waals surface area contributed by atoms with Gasteiger partial charge in [-0.25, -0.2) is 0 Å². The van der Waals surface area contributed by atoms with Gasteiger partial charge in [-0.2, -0.15) is 0 Å². The molecular formula is C15H19NO4. The van der Waals surface area contributed by atoms with Crippen LogP contribution >= 0.6 is 0 Å². The third-order valence-electron chi connectivity index (χ3n) is 3.51. The van der Waals surface area contributed by atoms with E-state index < -0.39 is 11.9 Å². The van der Waals surface area contributed by atoms with Gasteiger partial charge in [-0.1, -0.05) is 25.1 Å². The minimum atomic E-state index is -0.908. The Kier molecular flexibility index (Phi) is 4.74. The van der Waals surface area contributed by atoms with E-state index in [1.807, 2.05) is 13.0 Å². The lowest BCUT2D eigenvalue weighted by molar-refractivity contribution is -0.142. The summed E-state index contributed by atoms with van der Waals surface area (Å²) in [5, 5.41) is 9.24. The molecule has 1 fully saturated rings. The summed E-state index contributed by atoms with van der Waals surface area (Å²) < 4.78 is 5.27. The van der Waals surface area contributed by atoms with Crippen LogP contribution in [0.25, 0.3) is 0 Å². The normalized spacial score (nSPS) is 21.6. The number of carbonyl (C=O) groups is 2. The Morgan fingerprint density at radius 3 is 2.60 bits per heavy atom. The summed E-state index contributed by atoms with van der Waals surface area (Å²) in [6.45, 7) is 2.96. The molecule has 1 aliphatic heterocycles. The maximum absolute atomic E-state index is 12.6. The number of ether oxygens (including phenoxy) is 1. The zero-order valence-electron chi connectivity index (χ0n) is 11.5. The van der Waals surface area contributed by atoms with E-state index in [0.29, 0.717) is 12.1 Å². The number of nitrogens with zero attached hydrogens (tertiary/aromatic N) is 1. The molecule has 5 heteroatoms. The largest absolute Gasteiger partial charge is 0.481 e. The average molecular weight is 277 g/mol. The Labute approximate surface area is 118 Å². The van der Waals surface area contributed by atoms with E-state index in [-0.39, 0.29) is 25.2 Å². The van der Waals surface area contributed by atoms with Gasteiger partial charge in [0.05, 0.1) is 19.3 Å². The summed E-state index contributed by atoms with van der Waals surface area (Å²) in [5.74, 6) is -1.68. The Hall–Kier alpha value is -1.88. The highest BCUT2D eigenvalue weighted by Gasteiger charge is 2.39. The lowest BCUT2D eigenvalue weighted by Crippen LogP contribution is -2.46. The van der Waals surface area contributed by atoms with Crippen LogP contribution in [-0.4, -0.2) is 47.7 Å². The Morgan fingerprint density at radius 2 is 2.00 bits per heavy atom. The van der Waals surface area contributed by atoms with Crippen molar-refractivity contribution < 1.29 is 19.4 Å². The molecule has 2 rings (SSSR count). The van der Waals surface area contributed by atoms with Crippen molar-refractivity contribution >= 4 is 11.9 Å². The molecule has 5 nitrogen and oxygen atoms in total. The molecule has 1 aromatic rings. The number of aliphatic carboxylic acids is 1. The van der Waals surface area contributed by atoms with Gasteiger partial charge >= 0.3 is 5.97 Å². The molecule has 1 N–H and O–H groups in total. The topological polar surface area (TPSA) is 66.8 Å². The van der Waals surface area contributed by atoms with Crippen molar-refractivity contribution in [3.05, 3.63) is 35.9 Å². The van der Waals surface area contributed by atoms with Gasteiger partial charge in [0.1, 0.15) is 5.92 Å². The number of rotatable bonds is 5. The molecule has 0 aliphatic carbocycles. The maximum Gasteiger partial charge on any atom is 0.311 e. The Balaban J connectivity index is 2.22. The predicted octanol–water partition coefficient (Wildman–Crippen LogP) is 1.64. The minimum absolute atomic E-state index is 0.130. The van der Waals surface area contributed by atoms with E-state index in [9.17, 15) is 14.7 Å². The van der Waals surface area contributed by atoms with Crippen molar-refractivity contribution in [1.29, 1.82) is 0 Å². The quantitative estimate of drug-likeness (QED) is 0.888. The van der Waals surface area contributed by atoms with Gasteiger partial charge in [0.25, 0.3) is 5.91 Å². The van der Waals surface area contributed by atoms with Crippen molar-refractivity contribution in [2.75, 3.05) is 19.8 Å². The molecule has 108 valence electrons. The number of hydrogen-bond donors (Lipinski definition) is 1. The third kappa shape index (κ3) is 2.99. The van der Waals surface area contributed by atoms with Crippen LogP contribution in [0.15, 0.2) is 30.3 Å². The van der Waals surface area contributed by atoms with Crippen LogP contribution in [0.1, 0.15) is 23.7 Å². The van der Waals surface area contributed by atoms with Gasteiger partial charge in [-0.05, 0) is 18.6 Å². The van der Waals surface area contributed by atoms with Crippen LogP contribution in [0.2, 0.25) is 0 Å². The van der Waals surface area contributed by atoms with Crippen LogP contribution < -0.4 is 0 Å². The van der Waals surface area contributed by atoms with E-state index >= 15 is 0 Å². The van der Waals surface area contributed by atoms with E-state index in [4.69, 9.17) is 4.74 Å². The number of hydrogen-bond acceptors (Lipinski definition) is 3. The number of amides is 1. The summed E-state index contributed by atoms with van der Waals surface area (Å²) in [6.07, 6.45) is 0.779. The second-order valence-corrected chi connectivity index (χ2v) is 4.91. The average Bonchev–Trinajstić information content (AvgIpc) is 2.94. The first kappa shape index (κ1) is 14.5. The highest BCUT2D eigenvalue weighted by atomic mass is 16.5. The molecule has 0 spiro atoms. The number of benzene rings is 1. The molecule has 0 radical (unpaired) electrons. The summed E-state index contributed by atoms with van der Waals surface area (Å²) in [7, 11) is 0. The number of carbonyl (C=O) groups excluding carboxylic acids is 1. The van der Waals surface area contributed by atoms with Crippen LogP contribution in [0, 0.1) is 5.92 Å². The first-order chi connectivity index (χ1) is 9.65. The lowest BCUT2D eigenvalue weighted by atomic mass is 10.0. The first-order valence-corrected chi connectivity index (χ1v) is 6.81. The minimum Gasteiger partial charge on any atom is -0.481 e. The van der Waals surface area contributed by atoms with Crippen molar-refractivity contribution in [3.8, 4) is 0 Å². The molecule has 0 aromatic heterocycles. The van der Waals surface area contributed by atoms with Crippen LogP contribution in [-0.2, 0) is 9.53 Å². The fraction of sp³-hybridized carbons (Fsp3) is 0.467. The zero-order chi connectivity index (χ0) is 14.5. The smallest absolute Gasteiger partial charge is 0.311 e. The number of carboxylic acids is 1. The molecule has 1 heterocycles. The lowest BCUT2D eigenvalue weighted by Gasteiger charge is -2.30. The molecule has 1 aromatic carbocycles. The summed E-state index contributed by atoms with van der Waals surface area (Å²) in [5.41, 5.74) is 0.581. The summed E-state index contributed by atoms with van der Waals surface area (Å²) in [6, 6.07) is 8.56. The van der Waals surface area contributed by atoms with Crippen molar-refractivity contribution in [1.82, 2.24) is 4.90 Å². The molecule has 1 saturated heterocycles. The molecule has 1 amide bonds. The van der Waals surface area contributed by atoms with Gasteiger partial charge in [-0.3, -0.25) is 9.59 Å². The van der Waals surface area contributed by atoms with E-state index in [1.165, 1.54) is 0 Å². The van der Waals surface area contributed by atoms with Gasteiger partial charge < -0.3 is 14.7 Å². The van der Waals surface area contributed by atoms with Gasteiger partial charge in [0.2, 0.25) is 0 Å². The monoisotopic (exact) mass is 277 g/mol. The van der Waals surface area contributed by atoms with E-state index in [2.05, 4.69) is 0 Å². The molecule has 20 heavy (non-hydrogen) atoms. The second-order valence-electron chi connectivity index (χ2n) is 4.91. The Bertz CT molecular complexity index is 474. The molecule has 1 aliphatic rings. The van der Waals surface area contributed by atoms with Crippen LogP contribution in [0.4, 0.5) is 0 Å². The third-order valence-corrected chi connectivity index (χ3v) is 3.51. The molecule has 2 atom stereocenters. The van der Waals surface area contributed by atoms with E-state index in [1.54, 1.807) is 29.2 Å². The van der Waals surface area contributed by atoms with Gasteiger partial charge in [0.15, 0.2) is 0 Å². The highest BCUT2D eigenvalue weighted by molar-refractivity contribution is 5.94.